The molecule has 1 aliphatic rings. The van der Waals surface area contributed by atoms with Gasteiger partial charge in [0.15, 0.2) is 0 Å². The van der Waals surface area contributed by atoms with Gasteiger partial charge in [-0.3, -0.25) is 4.79 Å². The number of hydrogen-bond donors (Lipinski definition) is 2. The van der Waals surface area contributed by atoms with Crippen LogP contribution in [0.3, 0.4) is 0 Å². The molecule has 21 heavy (non-hydrogen) atoms. The third kappa shape index (κ3) is 4.06. The molecule has 1 saturated heterocycles. The molecule has 0 saturated carbocycles. The molecular weight excluding hydrogens is 266 g/mol. The van der Waals surface area contributed by atoms with Gasteiger partial charge in [0.05, 0.1) is 0 Å². The molecule has 1 aliphatic heterocycles. The van der Waals surface area contributed by atoms with Crippen molar-refractivity contribution in [1.82, 2.24) is 14.9 Å². The Hall–Kier alpha value is -1.85. The van der Waals surface area contributed by atoms with Crippen molar-refractivity contribution in [3.8, 4) is 0 Å². The Morgan fingerprint density at radius 1 is 1.14 bits per heavy atom. The summed E-state index contributed by atoms with van der Waals surface area (Å²) in [6.45, 7) is 9.16. The van der Waals surface area contributed by atoms with Crippen LogP contribution in [-0.2, 0) is 4.79 Å². The summed E-state index contributed by atoms with van der Waals surface area (Å²) in [6, 6.07) is 0. The third-order valence-corrected chi connectivity index (χ3v) is 3.69. The minimum atomic E-state index is 0.232. The second-order valence-corrected chi connectivity index (χ2v) is 5.39. The minimum absolute atomic E-state index is 0.232. The standard InChI is InChI=1S/C15H25N5O/c1-4-16-14-11(2)15(19-12(3)18-14)17-8-7-13(21)20-9-5-6-10-20/h4-10H2,1-3H3,(H2,16,17,18,19). The Morgan fingerprint density at radius 2 is 1.76 bits per heavy atom. The number of amides is 1. The van der Waals surface area contributed by atoms with Gasteiger partial charge in [-0.25, -0.2) is 9.97 Å². The molecule has 1 fully saturated rings. The van der Waals surface area contributed by atoms with Gasteiger partial charge in [-0.1, -0.05) is 0 Å². The number of nitrogens with one attached hydrogen (secondary N) is 2. The number of aryl methyl sites for hydroxylation is 1. The van der Waals surface area contributed by atoms with E-state index in [0.29, 0.717) is 13.0 Å². The van der Waals surface area contributed by atoms with E-state index in [1.54, 1.807) is 0 Å². The van der Waals surface area contributed by atoms with E-state index in [0.717, 1.165) is 55.5 Å². The maximum atomic E-state index is 12.0. The van der Waals surface area contributed by atoms with Gasteiger partial charge in [-0.2, -0.15) is 0 Å². The van der Waals surface area contributed by atoms with Gasteiger partial charge in [-0.05, 0) is 33.6 Å². The normalized spacial score (nSPS) is 14.3. The molecule has 0 atom stereocenters. The maximum Gasteiger partial charge on any atom is 0.224 e. The van der Waals surface area contributed by atoms with Crippen LogP contribution < -0.4 is 10.6 Å². The monoisotopic (exact) mass is 291 g/mol. The number of anilines is 2. The number of likely N-dealkylation sites (tertiary alicyclic amines) is 1. The van der Waals surface area contributed by atoms with Crippen LogP contribution in [0.2, 0.25) is 0 Å². The predicted octanol–water partition coefficient (Wildman–Crippen LogP) is 1.95. The molecule has 1 aromatic rings. The van der Waals surface area contributed by atoms with E-state index in [-0.39, 0.29) is 5.91 Å². The summed E-state index contributed by atoms with van der Waals surface area (Å²) in [7, 11) is 0. The van der Waals surface area contributed by atoms with Crippen LogP contribution in [0.25, 0.3) is 0 Å². The first-order chi connectivity index (χ1) is 10.1. The highest BCUT2D eigenvalue weighted by atomic mass is 16.2. The Morgan fingerprint density at radius 3 is 2.38 bits per heavy atom. The first-order valence-electron chi connectivity index (χ1n) is 7.72. The van der Waals surface area contributed by atoms with Crippen LogP contribution >= 0.6 is 0 Å². The predicted molar refractivity (Wildman–Crippen MR) is 84.6 cm³/mol. The fourth-order valence-electron chi connectivity index (χ4n) is 2.55. The summed E-state index contributed by atoms with van der Waals surface area (Å²) in [6.07, 6.45) is 2.78. The van der Waals surface area contributed by atoms with Gasteiger partial charge in [-0.15, -0.1) is 0 Å². The highest BCUT2D eigenvalue weighted by molar-refractivity contribution is 5.77. The molecule has 2 heterocycles. The summed E-state index contributed by atoms with van der Waals surface area (Å²) in [5.74, 6) is 2.63. The van der Waals surface area contributed by atoms with Crippen LogP contribution in [0, 0.1) is 13.8 Å². The maximum absolute atomic E-state index is 12.0. The van der Waals surface area contributed by atoms with E-state index >= 15 is 0 Å². The SMILES string of the molecule is CCNc1nc(C)nc(NCCC(=O)N2CCCC2)c1C. The van der Waals surface area contributed by atoms with Crippen LogP contribution in [-0.4, -0.2) is 47.0 Å². The molecule has 0 bridgehead atoms. The average Bonchev–Trinajstić information content (AvgIpc) is 2.98. The fourth-order valence-corrected chi connectivity index (χ4v) is 2.55. The highest BCUT2D eigenvalue weighted by Crippen LogP contribution is 2.19. The molecule has 2 N–H and O–H groups in total. The molecule has 0 radical (unpaired) electrons. The Bertz CT molecular complexity index is 497. The van der Waals surface area contributed by atoms with Gasteiger partial charge in [0, 0.05) is 38.2 Å². The van der Waals surface area contributed by atoms with Crippen LogP contribution in [0.4, 0.5) is 11.6 Å². The summed E-state index contributed by atoms with van der Waals surface area (Å²) in [5.41, 5.74) is 0.996. The third-order valence-electron chi connectivity index (χ3n) is 3.69. The average molecular weight is 291 g/mol. The molecular formula is C15H25N5O. The second kappa shape index (κ2) is 7.24. The number of hydrogen-bond acceptors (Lipinski definition) is 5. The molecule has 1 amide bonds. The van der Waals surface area contributed by atoms with E-state index in [2.05, 4.69) is 20.6 Å². The quantitative estimate of drug-likeness (QED) is 0.838. The number of carbonyl (C=O) groups excluding carboxylic acids is 1. The smallest absolute Gasteiger partial charge is 0.224 e. The van der Waals surface area contributed by atoms with E-state index in [9.17, 15) is 4.79 Å². The lowest BCUT2D eigenvalue weighted by Gasteiger charge is -2.16. The molecule has 0 aliphatic carbocycles. The van der Waals surface area contributed by atoms with Crippen molar-refractivity contribution in [2.45, 2.75) is 40.0 Å². The molecule has 0 aromatic carbocycles. The van der Waals surface area contributed by atoms with Crippen molar-refractivity contribution in [2.24, 2.45) is 0 Å². The van der Waals surface area contributed by atoms with Crippen molar-refractivity contribution in [1.29, 1.82) is 0 Å². The molecule has 116 valence electrons. The van der Waals surface area contributed by atoms with Gasteiger partial charge in [0.1, 0.15) is 17.5 Å². The minimum Gasteiger partial charge on any atom is -0.370 e. The molecule has 0 spiro atoms. The summed E-state index contributed by atoms with van der Waals surface area (Å²) < 4.78 is 0. The highest BCUT2D eigenvalue weighted by Gasteiger charge is 2.17. The van der Waals surface area contributed by atoms with Gasteiger partial charge >= 0.3 is 0 Å². The Kier molecular flexibility index (Phi) is 5.36. The van der Waals surface area contributed by atoms with E-state index in [4.69, 9.17) is 0 Å². The fraction of sp³-hybridized carbons (Fsp3) is 0.667. The molecule has 1 aromatic heterocycles. The Balaban J connectivity index is 1.91. The number of carbonyl (C=O) groups is 1. The first-order valence-corrected chi connectivity index (χ1v) is 7.72. The largest absolute Gasteiger partial charge is 0.370 e. The Labute approximate surface area is 126 Å². The summed E-state index contributed by atoms with van der Waals surface area (Å²) in [4.78, 5) is 22.8. The zero-order chi connectivity index (χ0) is 15.2. The van der Waals surface area contributed by atoms with Crippen molar-refractivity contribution in [2.75, 3.05) is 36.8 Å². The van der Waals surface area contributed by atoms with Gasteiger partial charge in [0.25, 0.3) is 0 Å². The molecule has 2 rings (SSSR count). The lowest BCUT2D eigenvalue weighted by molar-refractivity contribution is -0.129. The van der Waals surface area contributed by atoms with Crippen molar-refractivity contribution in [3.63, 3.8) is 0 Å². The van der Waals surface area contributed by atoms with Crippen LogP contribution in [0.5, 0.6) is 0 Å². The first kappa shape index (κ1) is 15.5. The lowest BCUT2D eigenvalue weighted by atomic mass is 10.3. The van der Waals surface area contributed by atoms with Crippen molar-refractivity contribution >= 4 is 17.5 Å². The van der Waals surface area contributed by atoms with E-state index in [1.807, 2.05) is 25.7 Å². The molecule has 6 heteroatoms. The number of nitrogens with zero attached hydrogens (tertiary/aromatic N) is 3. The van der Waals surface area contributed by atoms with Crippen molar-refractivity contribution in [3.05, 3.63) is 11.4 Å². The van der Waals surface area contributed by atoms with E-state index < -0.39 is 0 Å². The molecule has 6 nitrogen and oxygen atoms in total. The van der Waals surface area contributed by atoms with Gasteiger partial charge < -0.3 is 15.5 Å². The lowest BCUT2D eigenvalue weighted by Crippen LogP contribution is -2.29. The molecule has 0 unspecified atom stereocenters. The van der Waals surface area contributed by atoms with Crippen LogP contribution in [0.1, 0.15) is 37.6 Å². The number of aromatic nitrogens is 2. The zero-order valence-electron chi connectivity index (χ0n) is 13.2. The van der Waals surface area contributed by atoms with Gasteiger partial charge in [0.2, 0.25) is 5.91 Å². The second-order valence-electron chi connectivity index (χ2n) is 5.39. The van der Waals surface area contributed by atoms with Crippen molar-refractivity contribution < 1.29 is 4.79 Å². The van der Waals surface area contributed by atoms with Crippen LogP contribution in [0.15, 0.2) is 0 Å². The summed E-state index contributed by atoms with van der Waals surface area (Å²) >= 11 is 0. The number of rotatable bonds is 6. The summed E-state index contributed by atoms with van der Waals surface area (Å²) in [5, 5.41) is 6.50. The zero-order valence-corrected chi connectivity index (χ0v) is 13.2. The van der Waals surface area contributed by atoms with E-state index in [1.165, 1.54) is 0 Å². The topological polar surface area (TPSA) is 70.1 Å².